The van der Waals surface area contributed by atoms with E-state index in [1.54, 1.807) is 7.05 Å². The second-order valence-corrected chi connectivity index (χ2v) is 13.9. The molecule has 1 aliphatic rings. The molecule has 0 saturated heterocycles. The third kappa shape index (κ3) is 4.30. The standard InChI is InChI=1S/C17H31N5O2Si/c1-12-15(17(3)10-14(23)21(4)16(18)19-17)13(2)22(20-12)11-24-8-9-25(5,6)7/h8-11H2,1-7H3,(H2,18,19)/t17-/m0/s1. The van der Waals surface area contributed by atoms with Crippen LogP contribution in [0.3, 0.4) is 0 Å². The van der Waals surface area contributed by atoms with Crippen molar-refractivity contribution in [2.45, 2.75) is 65.1 Å². The lowest BCUT2D eigenvalue weighted by atomic mass is 9.86. The van der Waals surface area contributed by atoms with Gasteiger partial charge in [-0.3, -0.25) is 9.69 Å². The summed E-state index contributed by atoms with van der Waals surface area (Å²) < 4.78 is 7.68. The van der Waals surface area contributed by atoms with Crippen molar-refractivity contribution in [3.8, 4) is 0 Å². The van der Waals surface area contributed by atoms with Crippen LogP contribution in [0.25, 0.3) is 0 Å². The third-order valence-corrected chi connectivity index (χ3v) is 6.41. The van der Waals surface area contributed by atoms with E-state index in [2.05, 4.69) is 29.7 Å². The largest absolute Gasteiger partial charge is 0.369 e. The predicted molar refractivity (Wildman–Crippen MR) is 102 cm³/mol. The summed E-state index contributed by atoms with van der Waals surface area (Å²) in [6, 6.07) is 1.12. The predicted octanol–water partition coefficient (Wildman–Crippen LogP) is 2.20. The van der Waals surface area contributed by atoms with Crippen LogP contribution < -0.4 is 5.73 Å². The van der Waals surface area contributed by atoms with E-state index >= 15 is 0 Å². The van der Waals surface area contributed by atoms with Crippen molar-refractivity contribution in [3.63, 3.8) is 0 Å². The number of aliphatic imine (C=N–C) groups is 1. The van der Waals surface area contributed by atoms with Crippen LogP contribution in [-0.4, -0.2) is 48.3 Å². The Morgan fingerprint density at radius 2 is 1.96 bits per heavy atom. The Kier molecular flexibility index (Phi) is 5.43. The quantitative estimate of drug-likeness (QED) is 0.618. The zero-order valence-electron chi connectivity index (χ0n) is 16.5. The summed E-state index contributed by atoms with van der Waals surface area (Å²) in [6.07, 6.45) is 0.286. The van der Waals surface area contributed by atoms with Crippen LogP contribution in [0.2, 0.25) is 25.7 Å². The topological polar surface area (TPSA) is 85.7 Å². The molecule has 1 aromatic rings. The fourth-order valence-corrected chi connectivity index (χ4v) is 3.94. The summed E-state index contributed by atoms with van der Waals surface area (Å²) in [5.41, 5.74) is 8.05. The first kappa shape index (κ1) is 19.6. The van der Waals surface area contributed by atoms with Gasteiger partial charge in [0.25, 0.3) is 0 Å². The first-order valence-electron chi connectivity index (χ1n) is 8.69. The van der Waals surface area contributed by atoms with Crippen molar-refractivity contribution in [2.24, 2.45) is 10.7 Å². The van der Waals surface area contributed by atoms with Gasteiger partial charge in [0.15, 0.2) is 5.96 Å². The summed E-state index contributed by atoms with van der Waals surface area (Å²) in [7, 11) is 0.545. The van der Waals surface area contributed by atoms with E-state index in [4.69, 9.17) is 10.5 Å². The van der Waals surface area contributed by atoms with Gasteiger partial charge in [0.2, 0.25) is 5.91 Å². The average Bonchev–Trinajstić information content (AvgIpc) is 2.75. The number of nitrogens with two attached hydrogens (primary N) is 1. The van der Waals surface area contributed by atoms with Crippen molar-refractivity contribution < 1.29 is 9.53 Å². The lowest BCUT2D eigenvalue weighted by molar-refractivity contribution is -0.128. The van der Waals surface area contributed by atoms with Crippen LogP contribution in [0.15, 0.2) is 4.99 Å². The molecule has 1 aromatic heterocycles. The number of nitrogens with zero attached hydrogens (tertiary/aromatic N) is 4. The van der Waals surface area contributed by atoms with Crippen molar-refractivity contribution in [1.82, 2.24) is 14.7 Å². The number of rotatable bonds is 6. The van der Waals surface area contributed by atoms with Crippen LogP contribution in [0, 0.1) is 13.8 Å². The van der Waals surface area contributed by atoms with Gasteiger partial charge in [-0.15, -0.1) is 0 Å². The number of carbonyl (C=O) groups excluding carboxylic acids is 1. The van der Waals surface area contributed by atoms with E-state index in [9.17, 15) is 4.79 Å². The molecule has 0 spiro atoms. The van der Waals surface area contributed by atoms with Crippen molar-refractivity contribution in [1.29, 1.82) is 0 Å². The SMILES string of the molecule is Cc1nn(COCC[Si](C)(C)C)c(C)c1[C@]1(C)CC(=O)N(C)C(N)=N1. The van der Waals surface area contributed by atoms with E-state index in [-0.39, 0.29) is 18.3 Å². The molecule has 0 bridgehead atoms. The van der Waals surface area contributed by atoms with Crippen molar-refractivity contribution in [2.75, 3.05) is 13.7 Å². The first-order chi connectivity index (χ1) is 11.4. The Labute approximate surface area is 151 Å². The molecule has 1 atom stereocenters. The molecule has 140 valence electrons. The minimum absolute atomic E-state index is 0.0343. The zero-order chi connectivity index (χ0) is 19.0. The highest BCUT2D eigenvalue weighted by Crippen LogP contribution is 2.36. The number of guanidine groups is 1. The number of carbonyl (C=O) groups is 1. The Bertz CT molecular complexity index is 692. The number of aryl methyl sites for hydroxylation is 1. The lowest BCUT2D eigenvalue weighted by Crippen LogP contribution is -2.47. The molecule has 25 heavy (non-hydrogen) atoms. The Hall–Kier alpha value is -1.67. The minimum atomic E-state index is -1.10. The molecule has 0 radical (unpaired) electrons. The van der Waals surface area contributed by atoms with E-state index in [0.29, 0.717) is 6.73 Å². The fourth-order valence-electron chi connectivity index (χ4n) is 3.18. The van der Waals surface area contributed by atoms with Crippen molar-refractivity contribution in [3.05, 3.63) is 17.0 Å². The Morgan fingerprint density at radius 1 is 1.32 bits per heavy atom. The van der Waals surface area contributed by atoms with Crippen LogP contribution >= 0.6 is 0 Å². The highest BCUT2D eigenvalue weighted by molar-refractivity contribution is 6.76. The molecule has 8 heteroatoms. The average molecular weight is 366 g/mol. The van der Waals surface area contributed by atoms with Crippen LogP contribution in [0.4, 0.5) is 0 Å². The van der Waals surface area contributed by atoms with Gasteiger partial charge in [0.05, 0.1) is 17.7 Å². The number of hydrogen-bond acceptors (Lipinski definition) is 5. The van der Waals surface area contributed by atoms with E-state index in [1.165, 1.54) is 4.90 Å². The molecule has 1 amide bonds. The van der Waals surface area contributed by atoms with Crippen LogP contribution in [0.1, 0.15) is 30.3 Å². The normalized spacial score (nSPS) is 21.6. The summed E-state index contributed by atoms with van der Waals surface area (Å²) in [6.45, 7) is 14.0. The highest BCUT2D eigenvalue weighted by Gasteiger charge is 2.39. The van der Waals surface area contributed by atoms with Crippen LogP contribution in [-0.2, 0) is 21.8 Å². The van der Waals surface area contributed by atoms with E-state index in [1.807, 2.05) is 25.5 Å². The lowest BCUT2D eigenvalue weighted by Gasteiger charge is -2.33. The number of ether oxygens (including phenoxy) is 1. The number of amides is 1. The maximum atomic E-state index is 12.2. The highest BCUT2D eigenvalue weighted by atomic mass is 28.3. The fraction of sp³-hybridized carbons (Fsp3) is 0.706. The minimum Gasteiger partial charge on any atom is -0.369 e. The van der Waals surface area contributed by atoms with Gasteiger partial charge >= 0.3 is 0 Å². The van der Waals surface area contributed by atoms with Gasteiger partial charge in [0.1, 0.15) is 6.73 Å². The summed E-state index contributed by atoms with van der Waals surface area (Å²) >= 11 is 0. The van der Waals surface area contributed by atoms with Gasteiger partial charge in [0, 0.05) is 33.0 Å². The number of aromatic nitrogens is 2. The van der Waals surface area contributed by atoms with Gasteiger partial charge in [-0.1, -0.05) is 19.6 Å². The summed E-state index contributed by atoms with van der Waals surface area (Å²) in [5.74, 6) is 0.213. The van der Waals surface area contributed by atoms with Gasteiger partial charge in [-0.05, 0) is 26.8 Å². The molecule has 2 heterocycles. The Balaban J connectivity index is 2.21. The number of hydrogen-bond donors (Lipinski definition) is 1. The van der Waals surface area contributed by atoms with Gasteiger partial charge in [-0.2, -0.15) is 5.10 Å². The molecular formula is C17H31N5O2Si. The molecule has 2 N–H and O–H groups in total. The molecule has 0 aliphatic carbocycles. The molecular weight excluding hydrogens is 334 g/mol. The molecule has 0 aromatic carbocycles. The van der Waals surface area contributed by atoms with E-state index < -0.39 is 13.6 Å². The second-order valence-electron chi connectivity index (χ2n) is 8.27. The van der Waals surface area contributed by atoms with E-state index in [0.717, 1.165) is 29.6 Å². The maximum Gasteiger partial charge on any atom is 0.231 e. The van der Waals surface area contributed by atoms with Crippen LogP contribution in [0.5, 0.6) is 0 Å². The molecule has 0 unspecified atom stereocenters. The van der Waals surface area contributed by atoms with Crippen molar-refractivity contribution >= 4 is 19.9 Å². The third-order valence-electron chi connectivity index (χ3n) is 4.70. The molecule has 7 nitrogen and oxygen atoms in total. The van der Waals surface area contributed by atoms with Gasteiger partial charge in [-0.25, -0.2) is 9.67 Å². The zero-order valence-corrected chi connectivity index (χ0v) is 17.5. The summed E-state index contributed by atoms with van der Waals surface area (Å²) in [4.78, 5) is 18.2. The molecule has 1 aliphatic heterocycles. The summed E-state index contributed by atoms with van der Waals surface area (Å²) in [5, 5.41) is 4.60. The molecule has 0 saturated carbocycles. The monoisotopic (exact) mass is 365 g/mol. The Morgan fingerprint density at radius 3 is 2.52 bits per heavy atom. The molecule has 0 fully saturated rings. The smallest absolute Gasteiger partial charge is 0.231 e. The second kappa shape index (κ2) is 6.91. The molecule has 2 rings (SSSR count). The first-order valence-corrected chi connectivity index (χ1v) is 12.4. The van der Waals surface area contributed by atoms with Gasteiger partial charge < -0.3 is 10.5 Å². The maximum absolute atomic E-state index is 12.2.